The van der Waals surface area contributed by atoms with Crippen LogP contribution in [0.25, 0.3) is 21.9 Å². The van der Waals surface area contributed by atoms with Crippen LogP contribution in [-0.4, -0.2) is 61.3 Å². The number of aryl methyl sites for hydroxylation is 1. The minimum atomic E-state index is -1.05. The Morgan fingerprint density at radius 1 is 1.05 bits per heavy atom. The number of pyridine rings is 1. The maximum absolute atomic E-state index is 14.2. The van der Waals surface area contributed by atoms with E-state index in [1.54, 1.807) is 37.5 Å². The summed E-state index contributed by atoms with van der Waals surface area (Å²) in [6.07, 6.45) is 5.18. The third-order valence-corrected chi connectivity index (χ3v) is 7.39. The average molecular weight is 512 g/mol. The van der Waals surface area contributed by atoms with Gasteiger partial charge >= 0.3 is 5.97 Å². The van der Waals surface area contributed by atoms with Gasteiger partial charge in [0, 0.05) is 41.8 Å². The standard InChI is InChI=1S/C30H33N5O3/c1-30(2,3)34-17-7-9-23(19-34)35(27-24-10-6-5-8-20(24)15-16-31-27)28(36)22-13-11-21(12-14-22)25-18-32-33(4)26(25)29(37)38/h5-6,8,10-16,18,23H,7,9,17,19H2,1-4H3,(H,37,38)/t23-/m1/s1. The van der Waals surface area contributed by atoms with Crippen molar-refractivity contribution in [2.75, 3.05) is 18.0 Å². The van der Waals surface area contributed by atoms with Crippen molar-refractivity contribution in [1.29, 1.82) is 0 Å². The van der Waals surface area contributed by atoms with Gasteiger partial charge in [-0.2, -0.15) is 5.10 Å². The van der Waals surface area contributed by atoms with Crippen molar-refractivity contribution in [2.45, 2.75) is 45.2 Å². The fraction of sp³-hybridized carbons (Fsp3) is 0.333. The number of carbonyl (C=O) groups excluding carboxylic acids is 1. The first-order valence-electron chi connectivity index (χ1n) is 12.9. The van der Waals surface area contributed by atoms with Crippen molar-refractivity contribution in [3.8, 4) is 11.1 Å². The SMILES string of the molecule is Cn1ncc(-c2ccc(C(=O)N(c3nccc4ccccc34)[C@@H]3CCCN(C(C)(C)C)C3)cc2)c1C(=O)O. The number of carboxylic acids is 1. The van der Waals surface area contributed by atoms with Crippen LogP contribution in [0, 0.1) is 0 Å². The van der Waals surface area contributed by atoms with Crippen LogP contribution < -0.4 is 4.90 Å². The first kappa shape index (κ1) is 25.6. The summed E-state index contributed by atoms with van der Waals surface area (Å²) in [6.45, 7) is 8.38. The highest BCUT2D eigenvalue weighted by molar-refractivity contribution is 6.10. The number of hydrogen-bond acceptors (Lipinski definition) is 5. The summed E-state index contributed by atoms with van der Waals surface area (Å²) in [4.78, 5) is 35.0. The molecule has 1 saturated heterocycles. The molecule has 196 valence electrons. The number of fused-ring (bicyclic) bond motifs is 1. The van der Waals surface area contributed by atoms with Crippen LogP contribution >= 0.6 is 0 Å². The minimum absolute atomic E-state index is 0.00716. The lowest BCUT2D eigenvalue weighted by molar-refractivity contribution is 0.0685. The summed E-state index contributed by atoms with van der Waals surface area (Å²) in [5.41, 5.74) is 1.83. The molecule has 0 aliphatic carbocycles. The van der Waals surface area contributed by atoms with Gasteiger partial charge in [-0.05, 0) is 69.3 Å². The number of piperidine rings is 1. The Kier molecular flexibility index (Phi) is 6.75. The van der Waals surface area contributed by atoms with Gasteiger partial charge in [0.25, 0.3) is 5.91 Å². The first-order chi connectivity index (χ1) is 18.1. The Labute approximate surface area is 222 Å². The van der Waals surface area contributed by atoms with Gasteiger partial charge in [0.05, 0.1) is 12.2 Å². The van der Waals surface area contributed by atoms with Gasteiger partial charge in [0.15, 0.2) is 5.69 Å². The van der Waals surface area contributed by atoms with Crippen molar-refractivity contribution in [3.63, 3.8) is 0 Å². The zero-order chi connectivity index (χ0) is 27.0. The van der Waals surface area contributed by atoms with Gasteiger partial charge in [0.1, 0.15) is 5.82 Å². The number of carbonyl (C=O) groups is 2. The fourth-order valence-corrected chi connectivity index (χ4v) is 5.34. The van der Waals surface area contributed by atoms with E-state index in [-0.39, 0.29) is 23.2 Å². The Bertz CT molecular complexity index is 1480. The Morgan fingerprint density at radius 2 is 1.79 bits per heavy atom. The number of likely N-dealkylation sites (tertiary alicyclic amines) is 1. The molecule has 5 rings (SSSR count). The molecule has 0 radical (unpaired) electrons. The second-order valence-corrected chi connectivity index (χ2v) is 10.9. The molecule has 2 aromatic heterocycles. The highest BCUT2D eigenvalue weighted by atomic mass is 16.4. The molecule has 1 amide bonds. The summed E-state index contributed by atoms with van der Waals surface area (Å²) in [5, 5.41) is 15.7. The molecule has 2 aromatic carbocycles. The molecule has 0 saturated carbocycles. The van der Waals surface area contributed by atoms with Crippen LogP contribution in [0.15, 0.2) is 67.0 Å². The number of aromatic nitrogens is 3. The van der Waals surface area contributed by atoms with Gasteiger partial charge in [-0.1, -0.05) is 36.4 Å². The van der Waals surface area contributed by atoms with Gasteiger partial charge in [-0.25, -0.2) is 9.78 Å². The van der Waals surface area contributed by atoms with Crippen molar-refractivity contribution >= 4 is 28.5 Å². The molecular weight excluding hydrogens is 478 g/mol. The third-order valence-electron chi connectivity index (χ3n) is 7.39. The summed E-state index contributed by atoms with van der Waals surface area (Å²) >= 11 is 0. The zero-order valence-corrected chi connectivity index (χ0v) is 22.3. The topological polar surface area (TPSA) is 91.6 Å². The van der Waals surface area contributed by atoms with Gasteiger partial charge in [0.2, 0.25) is 0 Å². The molecule has 1 aliphatic heterocycles. The average Bonchev–Trinajstić information content (AvgIpc) is 3.30. The quantitative estimate of drug-likeness (QED) is 0.394. The molecule has 0 spiro atoms. The maximum atomic E-state index is 14.2. The van der Waals surface area contributed by atoms with Crippen LogP contribution in [0.1, 0.15) is 54.5 Å². The summed E-state index contributed by atoms with van der Waals surface area (Å²) in [7, 11) is 1.60. The molecular formula is C30H33N5O3. The lowest BCUT2D eigenvalue weighted by Gasteiger charge is -2.44. The smallest absolute Gasteiger partial charge is 0.354 e. The van der Waals surface area contributed by atoms with Crippen LogP contribution in [0.4, 0.5) is 5.82 Å². The van der Waals surface area contributed by atoms with E-state index >= 15 is 0 Å². The molecule has 38 heavy (non-hydrogen) atoms. The number of benzene rings is 2. The molecule has 1 N–H and O–H groups in total. The molecule has 8 heteroatoms. The summed E-state index contributed by atoms with van der Waals surface area (Å²) < 4.78 is 1.34. The lowest BCUT2D eigenvalue weighted by atomic mass is 9.96. The van der Waals surface area contributed by atoms with Gasteiger partial charge < -0.3 is 5.11 Å². The zero-order valence-electron chi connectivity index (χ0n) is 22.3. The van der Waals surface area contributed by atoms with E-state index in [9.17, 15) is 14.7 Å². The first-order valence-corrected chi connectivity index (χ1v) is 12.9. The molecule has 1 fully saturated rings. The molecule has 0 bridgehead atoms. The Balaban J connectivity index is 1.55. The van der Waals surface area contributed by atoms with Crippen LogP contribution in [0.3, 0.4) is 0 Å². The van der Waals surface area contributed by atoms with E-state index in [4.69, 9.17) is 4.98 Å². The number of carboxylic acid groups (broad SMARTS) is 1. The summed E-state index contributed by atoms with van der Waals surface area (Å²) in [6, 6.07) is 17.0. The summed E-state index contributed by atoms with van der Waals surface area (Å²) in [5.74, 6) is -0.502. The van der Waals surface area contributed by atoms with E-state index in [1.807, 2.05) is 35.2 Å². The number of amides is 1. The number of hydrogen-bond donors (Lipinski definition) is 1. The monoisotopic (exact) mass is 511 g/mol. The largest absolute Gasteiger partial charge is 0.477 e. The Morgan fingerprint density at radius 3 is 2.50 bits per heavy atom. The van der Waals surface area contributed by atoms with Crippen molar-refractivity contribution < 1.29 is 14.7 Å². The van der Waals surface area contributed by atoms with Gasteiger partial charge in [-0.3, -0.25) is 19.3 Å². The van der Waals surface area contributed by atoms with E-state index < -0.39 is 5.97 Å². The predicted octanol–water partition coefficient (Wildman–Crippen LogP) is 5.24. The van der Waals surface area contributed by atoms with E-state index in [2.05, 4.69) is 30.8 Å². The van der Waals surface area contributed by atoms with Gasteiger partial charge in [-0.15, -0.1) is 0 Å². The van der Waals surface area contributed by atoms with Crippen molar-refractivity contribution in [3.05, 3.63) is 78.2 Å². The van der Waals surface area contributed by atoms with Crippen LogP contribution in [0.5, 0.6) is 0 Å². The van der Waals surface area contributed by atoms with Crippen LogP contribution in [0.2, 0.25) is 0 Å². The lowest BCUT2D eigenvalue weighted by Crippen LogP contribution is -2.55. The molecule has 3 heterocycles. The second kappa shape index (κ2) is 10.0. The number of aromatic carboxylic acids is 1. The molecule has 4 aromatic rings. The predicted molar refractivity (Wildman–Crippen MR) is 149 cm³/mol. The van der Waals surface area contributed by atoms with Crippen molar-refractivity contribution in [1.82, 2.24) is 19.7 Å². The molecule has 0 unspecified atom stereocenters. The van der Waals surface area contributed by atoms with E-state index in [0.717, 1.165) is 36.7 Å². The number of anilines is 1. The van der Waals surface area contributed by atoms with E-state index in [1.165, 1.54) is 10.9 Å². The van der Waals surface area contributed by atoms with Crippen molar-refractivity contribution in [2.24, 2.45) is 7.05 Å². The minimum Gasteiger partial charge on any atom is -0.477 e. The highest BCUT2D eigenvalue weighted by Crippen LogP contribution is 2.32. The van der Waals surface area contributed by atoms with Crippen LogP contribution in [-0.2, 0) is 7.05 Å². The second-order valence-electron chi connectivity index (χ2n) is 10.9. The van der Waals surface area contributed by atoms with E-state index in [0.29, 0.717) is 22.5 Å². The molecule has 1 aliphatic rings. The number of rotatable bonds is 5. The Hall–Kier alpha value is -4.04. The fourth-order valence-electron chi connectivity index (χ4n) is 5.34. The highest BCUT2D eigenvalue weighted by Gasteiger charge is 2.35. The molecule has 1 atom stereocenters. The third kappa shape index (κ3) is 4.79. The molecule has 8 nitrogen and oxygen atoms in total. The normalized spacial score (nSPS) is 16.5. The number of nitrogens with zero attached hydrogens (tertiary/aromatic N) is 5. The maximum Gasteiger partial charge on any atom is 0.354 e.